The lowest BCUT2D eigenvalue weighted by Crippen LogP contribution is -2.44. The molecule has 0 radical (unpaired) electrons. The molecule has 2 atom stereocenters. The van der Waals surface area contributed by atoms with E-state index in [4.69, 9.17) is 5.73 Å². The number of hydrogen-bond acceptors (Lipinski definition) is 2. The summed E-state index contributed by atoms with van der Waals surface area (Å²) in [5, 5.41) is 0. The summed E-state index contributed by atoms with van der Waals surface area (Å²) in [5.74, 6) is 0.624. The SMILES string of the molecule is CCC(N)C(c1cccc(F)c1)N1CCC(C)CC1. The van der Waals surface area contributed by atoms with E-state index in [-0.39, 0.29) is 17.9 Å². The van der Waals surface area contributed by atoms with Gasteiger partial charge in [-0.15, -0.1) is 0 Å². The molecule has 1 saturated heterocycles. The van der Waals surface area contributed by atoms with Crippen molar-refractivity contribution < 1.29 is 4.39 Å². The molecule has 3 heteroatoms. The van der Waals surface area contributed by atoms with Crippen LogP contribution in [-0.2, 0) is 0 Å². The normalized spacial score (nSPS) is 21.3. The molecule has 19 heavy (non-hydrogen) atoms. The van der Waals surface area contributed by atoms with Crippen LogP contribution in [0.1, 0.15) is 44.7 Å². The first-order valence-corrected chi connectivity index (χ1v) is 7.37. The molecule has 1 aliphatic rings. The maximum atomic E-state index is 13.5. The van der Waals surface area contributed by atoms with Crippen LogP contribution in [0.15, 0.2) is 24.3 Å². The Morgan fingerprint density at radius 2 is 2.05 bits per heavy atom. The van der Waals surface area contributed by atoms with Gasteiger partial charge in [0.2, 0.25) is 0 Å². The molecule has 0 aliphatic carbocycles. The molecular weight excluding hydrogens is 239 g/mol. The lowest BCUT2D eigenvalue weighted by Gasteiger charge is -2.39. The van der Waals surface area contributed by atoms with Gasteiger partial charge in [-0.3, -0.25) is 4.90 Å². The molecule has 1 aromatic rings. The number of nitrogens with zero attached hydrogens (tertiary/aromatic N) is 1. The zero-order valence-electron chi connectivity index (χ0n) is 12.0. The molecule has 1 heterocycles. The highest BCUT2D eigenvalue weighted by molar-refractivity contribution is 5.22. The molecule has 1 fully saturated rings. The van der Waals surface area contributed by atoms with Crippen LogP contribution in [0.3, 0.4) is 0 Å². The topological polar surface area (TPSA) is 29.3 Å². The van der Waals surface area contributed by atoms with Gasteiger partial charge in [0.1, 0.15) is 5.82 Å². The molecule has 0 spiro atoms. The summed E-state index contributed by atoms with van der Waals surface area (Å²) in [6, 6.07) is 7.13. The lowest BCUT2D eigenvalue weighted by atomic mass is 9.91. The monoisotopic (exact) mass is 264 g/mol. The van der Waals surface area contributed by atoms with Gasteiger partial charge in [-0.25, -0.2) is 4.39 Å². The third-order valence-electron chi connectivity index (χ3n) is 4.28. The molecule has 0 aromatic heterocycles. The summed E-state index contributed by atoms with van der Waals surface area (Å²) in [7, 11) is 0. The van der Waals surface area contributed by atoms with Gasteiger partial charge >= 0.3 is 0 Å². The number of hydrogen-bond donors (Lipinski definition) is 1. The number of rotatable bonds is 4. The smallest absolute Gasteiger partial charge is 0.123 e. The first-order valence-electron chi connectivity index (χ1n) is 7.37. The molecule has 2 unspecified atom stereocenters. The number of benzene rings is 1. The Bertz CT molecular complexity index is 399. The van der Waals surface area contributed by atoms with Crippen LogP contribution in [0.25, 0.3) is 0 Å². The Kier molecular flexibility index (Phi) is 4.94. The van der Waals surface area contributed by atoms with Crippen molar-refractivity contribution in [2.75, 3.05) is 13.1 Å². The number of halogens is 1. The van der Waals surface area contributed by atoms with E-state index in [0.29, 0.717) is 0 Å². The fraction of sp³-hybridized carbons (Fsp3) is 0.625. The maximum absolute atomic E-state index is 13.5. The molecule has 1 aromatic carbocycles. The van der Waals surface area contributed by atoms with Gasteiger partial charge in [-0.2, -0.15) is 0 Å². The number of piperidine rings is 1. The van der Waals surface area contributed by atoms with Crippen LogP contribution in [0.5, 0.6) is 0 Å². The van der Waals surface area contributed by atoms with Gasteiger partial charge < -0.3 is 5.73 Å². The van der Waals surface area contributed by atoms with Crippen molar-refractivity contribution in [2.24, 2.45) is 11.7 Å². The third-order valence-corrected chi connectivity index (χ3v) is 4.28. The van der Waals surface area contributed by atoms with Gasteiger partial charge in [0.25, 0.3) is 0 Å². The minimum absolute atomic E-state index is 0.0650. The Balaban J connectivity index is 2.21. The molecule has 2 rings (SSSR count). The van der Waals surface area contributed by atoms with Crippen LogP contribution in [-0.4, -0.2) is 24.0 Å². The molecule has 1 aliphatic heterocycles. The zero-order valence-corrected chi connectivity index (χ0v) is 12.0. The van der Waals surface area contributed by atoms with Crippen LogP contribution in [0.2, 0.25) is 0 Å². The van der Waals surface area contributed by atoms with Crippen molar-refractivity contribution in [1.82, 2.24) is 4.90 Å². The summed E-state index contributed by atoms with van der Waals surface area (Å²) in [4.78, 5) is 2.43. The van der Waals surface area contributed by atoms with E-state index in [1.54, 1.807) is 12.1 Å². The highest BCUT2D eigenvalue weighted by Crippen LogP contribution is 2.30. The van der Waals surface area contributed by atoms with Crippen molar-refractivity contribution in [2.45, 2.75) is 45.2 Å². The van der Waals surface area contributed by atoms with E-state index in [2.05, 4.69) is 18.7 Å². The van der Waals surface area contributed by atoms with Gasteiger partial charge in [0, 0.05) is 12.1 Å². The summed E-state index contributed by atoms with van der Waals surface area (Å²) in [6.45, 7) is 6.53. The molecule has 0 amide bonds. The Morgan fingerprint density at radius 3 is 2.63 bits per heavy atom. The Morgan fingerprint density at radius 1 is 1.37 bits per heavy atom. The van der Waals surface area contributed by atoms with Crippen molar-refractivity contribution >= 4 is 0 Å². The van der Waals surface area contributed by atoms with Crippen molar-refractivity contribution in [3.05, 3.63) is 35.6 Å². The van der Waals surface area contributed by atoms with Gasteiger partial charge in [-0.05, 0) is 56.0 Å². The van der Waals surface area contributed by atoms with Gasteiger partial charge in [0.05, 0.1) is 0 Å². The quantitative estimate of drug-likeness (QED) is 0.903. The van der Waals surface area contributed by atoms with Crippen LogP contribution >= 0.6 is 0 Å². The predicted octanol–water partition coefficient (Wildman–Crippen LogP) is 3.34. The summed E-state index contributed by atoms with van der Waals surface area (Å²) in [6.07, 6.45) is 3.33. The first-order chi connectivity index (χ1) is 9.11. The largest absolute Gasteiger partial charge is 0.326 e. The second-order valence-corrected chi connectivity index (χ2v) is 5.79. The van der Waals surface area contributed by atoms with Crippen LogP contribution < -0.4 is 5.73 Å². The zero-order chi connectivity index (χ0) is 13.8. The first kappa shape index (κ1) is 14.5. The average molecular weight is 264 g/mol. The summed E-state index contributed by atoms with van der Waals surface area (Å²) < 4.78 is 13.5. The second-order valence-electron chi connectivity index (χ2n) is 5.79. The maximum Gasteiger partial charge on any atom is 0.123 e. The molecule has 2 N–H and O–H groups in total. The lowest BCUT2D eigenvalue weighted by molar-refractivity contribution is 0.118. The molecule has 106 valence electrons. The minimum Gasteiger partial charge on any atom is -0.326 e. The average Bonchev–Trinajstić information content (AvgIpc) is 2.41. The van der Waals surface area contributed by atoms with E-state index in [1.165, 1.54) is 18.9 Å². The van der Waals surface area contributed by atoms with Crippen molar-refractivity contribution in [1.29, 1.82) is 0 Å². The van der Waals surface area contributed by atoms with Crippen LogP contribution in [0.4, 0.5) is 4.39 Å². The fourth-order valence-corrected chi connectivity index (χ4v) is 2.95. The van der Waals surface area contributed by atoms with Crippen molar-refractivity contribution in [3.8, 4) is 0 Å². The van der Waals surface area contributed by atoms with Gasteiger partial charge in [0.15, 0.2) is 0 Å². The summed E-state index contributed by atoms with van der Waals surface area (Å²) in [5.41, 5.74) is 7.32. The fourth-order valence-electron chi connectivity index (χ4n) is 2.95. The highest BCUT2D eigenvalue weighted by atomic mass is 19.1. The summed E-state index contributed by atoms with van der Waals surface area (Å²) >= 11 is 0. The predicted molar refractivity (Wildman–Crippen MR) is 77.4 cm³/mol. The number of nitrogens with two attached hydrogens (primary N) is 1. The van der Waals surface area contributed by atoms with E-state index in [9.17, 15) is 4.39 Å². The third kappa shape index (κ3) is 3.54. The van der Waals surface area contributed by atoms with E-state index in [0.717, 1.165) is 31.0 Å². The van der Waals surface area contributed by atoms with E-state index in [1.807, 2.05) is 6.07 Å². The van der Waals surface area contributed by atoms with Crippen LogP contribution in [0, 0.1) is 11.7 Å². The molecular formula is C16H25FN2. The second kappa shape index (κ2) is 6.49. The highest BCUT2D eigenvalue weighted by Gasteiger charge is 2.28. The Labute approximate surface area is 115 Å². The standard InChI is InChI=1S/C16H25FN2/c1-3-15(18)16(13-5-4-6-14(17)11-13)19-9-7-12(2)8-10-19/h4-6,11-12,15-16H,3,7-10,18H2,1-2H3. The minimum atomic E-state index is -0.170. The van der Waals surface area contributed by atoms with E-state index < -0.39 is 0 Å². The molecule has 0 saturated carbocycles. The van der Waals surface area contributed by atoms with Crippen molar-refractivity contribution in [3.63, 3.8) is 0 Å². The molecule has 0 bridgehead atoms. The van der Waals surface area contributed by atoms with E-state index >= 15 is 0 Å². The molecule has 2 nitrogen and oxygen atoms in total. The number of likely N-dealkylation sites (tertiary alicyclic amines) is 1. The van der Waals surface area contributed by atoms with Gasteiger partial charge in [-0.1, -0.05) is 26.0 Å². The Hall–Kier alpha value is -0.930.